The lowest BCUT2D eigenvalue weighted by Gasteiger charge is -2.15. The van der Waals surface area contributed by atoms with Gasteiger partial charge in [0.05, 0.1) is 11.6 Å². The van der Waals surface area contributed by atoms with Crippen molar-refractivity contribution >= 4 is 15.9 Å². The fourth-order valence-corrected chi connectivity index (χ4v) is 2.30. The summed E-state index contributed by atoms with van der Waals surface area (Å²) in [5.41, 5.74) is 8.39. The van der Waals surface area contributed by atoms with Crippen molar-refractivity contribution in [2.24, 2.45) is 5.73 Å². The second-order valence-corrected chi connectivity index (χ2v) is 5.44. The fourth-order valence-electron chi connectivity index (χ4n) is 1.92. The molecule has 4 heteroatoms. The molecular formula is C16H15BrN2O. The lowest BCUT2D eigenvalue weighted by atomic mass is 10.1. The first kappa shape index (κ1) is 14.6. The van der Waals surface area contributed by atoms with E-state index in [9.17, 15) is 0 Å². The van der Waals surface area contributed by atoms with Gasteiger partial charge in [0.2, 0.25) is 0 Å². The first-order chi connectivity index (χ1) is 9.61. The van der Waals surface area contributed by atoms with E-state index in [0.29, 0.717) is 12.2 Å². The highest BCUT2D eigenvalue weighted by Crippen LogP contribution is 2.28. The zero-order chi connectivity index (χ0) is 14.5. The van der Waals surface area contributed by atoms with E-state index in [-0.39, 0.29) is 6.04 Å². The molecule has 3 nitrogen and oxygen atoms in total. The zero-order valence-corrected chi connectivity index (χ0v) is 12.7. The number of rotatable bonds is 4. The summed E-state index contributed by atoms with van der Waals surface area (Å²) in [7, 11) is 0. The molecule has 0 saturated heterocycles. The molecular weight excluding hydrogens is 316 g/mol. The normalized spacial score (nSPS) is 11.7. The topological polar surface area (TPSA) is 59.0 Å². The van der Waals surface area contributed by atoms with E-state index in [1.807, 2.05) is 43.3 Å². The summed E-state index contributed by atoms with van der Waals surface area (Å²) in [6, 6.07) is 15.2. The lowest BCUT2D eigenvalue weighted by molar-refractivity contribution is 0.301. The average molecular weight is 331 g/mol. The number of halogens is 1. The monoisotopic (exact) mass is 330 g/mol. The number of ether oxygens (including phenoxy) is 1. The lowest BCUT2D eigenvalue weighted by Crippen LogP contribution is -2.08. The second-order valence-electron chi connectivity index (χ2n) is 4.53. The van der Waals surface area contributed by atoms with E-state index in [1.54, 1.807) is 6.07 Å². The van der Waals surface area contributed by atoms with Crippen LogP contribution in [-0.4, -0.2) is 0 Å². The smallest absolute Gasteiger partial charge is 0.124 e. The third-order valence-electron chi connectivity index (χ3n) is 2.98. The molecule has 0 unspecified atom stereocenters. The molecule has 20 heavy (non-hydrogen) atoms. The van der Waals surface area contributed by atoms with Gasteiger partial charge < -0.3 is 10.5 Å². The third kappa shape index (κ3) is 3.38. The summed E-state index contributed by atoms with van der Waals surface area (Å²) in [6.07, 6.45) is 0. The van der Waals surface area contributed by atoms with E-state index in [4.69, 9.17) is 15.7 Å². The van der Waals surface area contributed by atoms with Gasteiger partial charge in [-0.05, 0) is 31.2 Å². The average Bonchev–Trinajstić information content (AvgIpc) is 2.46. The van der Waals surface area contributed by atoms with Gasteiger partial charge in [0, 0.05) is 21.6 Å². The van der Waals surface area contributed by atoms with Gasteiger partial charge in [-0.2, -0.15) is 5.26 Å². The molecule has 0 aromatic heterocycles. The molecule has 0 fully saturated rings. The Morgan fingerprint density at radius 3 is 2.75 bits per heavy atom. The Morgan fingerprint density at radius 1 is 1.30 bits per heavy atom. The molecule has 0 amide bonds. The highest BCUT2D eigenvalue weighted by molar-refractivity contribution is 9.10. The molecule has 1 atom stereocenters. The van der Waals surface area contributed by atoms with Crippen LogP contribution >= 0.6 is 15.9 Å². The van der Waals surface area contributed by atoms with Crippen LogP contribution in [0.15, 0.2) is 46.9 Å². The number of nitrogens with zero attached hydrogens (tertiary/aromatic N) is 1. The number of hydrogen-bond donors (Lipinski definition) is 1. The standard InChI is InChI=1S/C16H15BrN2O/c1-11(19)15-8-14(17)6-7-16(15)20-10-13-5-3-2-4-12(13)9-18/h2-8,11H,10,19H2,1H3/t11-/m0/s1. The molecule has 0 aliphatic rings. The molecule has 0 aliphatic heterocycles. The number of benzene rings is 2. The van der Waals surface area contributed by atoms with Crippen LogP contribution in [0.2, 0.25) is 0 Å². The molecule has 0 heterocycles. The van der Waals surface area contributed by atoms with Crippen LogP contribution in [0.25, 0.3) is 0 Å². The summed E-state index contributed by atoms with van der Waals surface area (Å²) in [4.78, 5) is 0. The molecule has 0 bridgehead atoms. The van der Waals surface area contributed by atoms with E-state index in [0.717, 1.165) is 21.3 Å². The predicted molar refractivity (Wildman–Crippen MR) is 82.2 cm³/mol. The van der Waals surface area contributed by atoms with Crippen molar-refractivity contribution in [2.45, 2.75) is 19.6 Å². The summed E-state index contributed by atoms with van der Waals surface area (Å²) in [5.74, 6) is 0.746. The maximum absolute atomic E-state index is 9.06. The van der Waals surface area contributed by atoms with Crippen LogP contribution in [0.3, 0.4) is 0 Å². The van der Waals surface area contributed by atoms with Crippen molar-refractivity contribution in [1.29, 1.82) is 5.26 Å². The fraction of sp³-hybridized carbons (Fsp3) is 0.188. The summed E-state index contributed by atoms with van der Waals surface area (Å²) in [5, 5.41) is 9.06. The van der Waals surface area contributed by atoms with Crippen LogP contribution in [-0.2, 0) is 6.61 Å². The minimum absolute atomic E-state index is 0.117. The maximum atomic E-state index is 9.06. The van der Waals surface area contributed by atoms with Gasteiger partial charge in [0.25, 0.3) is 0 Å². The van der Waals surface area contributed by atoms with Gasteiger partial charge in [0.1, 0.15) is 12.4 Å². The zero-order valence-electron chi connectivity index (χ0n) is 11.1. The highest BCUT2D eigenvalue weighted by atomic mass is 79.9. The molecule has 0 aliphatic carbocycles. The molecule has 2 N–H and O–H groups in total. The van der Waals surface area contributed by atoms with Crippen molar-refractivity contribution in [3.63, 3.8) is 0 Å². The van der Waals surface area contributed by atoms with Gasteiger partial charge in [-0.3, -0.25) is 0 Å². The Morgan fingerprint density at radius 2 is 2.05 bits per heavy atom. The van der Waals surface area contributed by atoms with Crippen molar-refractivity contribution < 1.29 is 4.74 Å². The van der Waals surface area contributed by atoms with Gasteiger partial charge in [-0.25, -0.2) is 0 Å². The van der Waals surface area contributed by atoms with Crippen LogP contribution < -0.4 is 10.5 Å². The number of nitriles is 1. The second kappa shape index (κ2) is 6.56. The van der Waals surface area contributed by atoms with Crippen molar-refractivity contribution in [3.05, 3.63) is 63.6 Å². The van der Waals surface area contributed by atoms with E-state index in [1.165, 1.54) is 0 Å². The third-order valence-corrected chi connectivity index (χ3v) is 3.48. The molecule has 0 saturated carbocycles. The minimum Gasteiger partial charge on any atom is -0.489 e. The van der Waals surface area contributed by atoms with E-state index in [2.05, 4.69) is 22.0 Å². The van der Waals surface area contributed by atoms with Gasteiger partial charge >= 0.3 is 0 Å². The number of nitrogens with two attached hydrogens (primary N) is 1. The molecule has 0 radical (unpaired) electrons. The molecule has 2 aromatic carbocycles. The van der Waals surface area contributed by atoms with Crippen molar-refractivity contribution in [1.82, 2.24) is 0 Å². The Balaban J connectivity index is 2.21. The first-order valence-electron chi connectivity index (χ1n) is 6.27. The molecule has 0 spiro atoms. The van der Waals surface area contributed by atoms with Crippen LogP contribution in [0, 0.1) is 11.3 Å². The molecule has 2 rings (SSSR count). The van der Waals surface area contributed by atoms with E-state index >= 15 is 0 Å². The van der Waals surface area contributed by atoms with Crippen molar-refractivity contribution in [3.8, 4) is 11.8 Å². The Kier molecular flexibility index (Phi) is 4.78. The predicted octanol–water partition coefficient (Wildman–Crippen LogP) is 3.92. The largest absolute Gasteiger partial charge is 0.489 e. The highest BCUT2D eigenvalue weighted by Gasteiger charge is 2.10. The summed E-state index contributed by atoms with van der Waals surface area (Å²) >= 11 is 3.43. The Labute approximate surface area is 127 Å². The van der Waals surface area contributed by atoms with Gasteiger partial charge in [-0.15, -0.1) is 0 Å². The Bertz CT molecular complexity index is 647. The van der Waals surface area contributed by atoms with Gasteiger partial charge in [0.15, 0.2) is 0 Å². The SMILES string of the molecule is C[C@H](N)c1cc(Br)ccc1OCc1ccccc1C#N. The summed E-state index contributed by atoms with van der Waals surface area (Å²) < 4.78 is 6.80. The Hall–Kier alpha value is -1.83. The first-order valence-corrected chi connectivity index (χ1v) is 7.07. The molecule has 2 aromatic rings. The molecule has 102 valence electrons. The summed E-state index contributed by atoms with van der Waals surface area (Å²) in [6.45, 7) is 2.27. The van der Waals surface area contributed by atoms with Crippen LogP contribution in [0.4, 0.5) is 0 Å². The van der Waals surface area contributed by atoms with E-state index < -0.39 is 0 Å². The quantitative estimate of drug-likeness (QED) is 0.924. The maximum Gasteiger partial charge on any atom is 0.124 e. The van der Waals surface area contributed by atoms with Crippen LogP contribution in [0.5, 0.6) is 5.75 Å². The minimum atomic E-state index is -0.117. The van der Waals surface area contributed by atoms with Crippen LogP contribution in [0.1, 0.15) is 29.7 Å². The van der Waals surface area contributed by atoms with Gasteiger partial charge in [-0.1, -0.05) is 34.1 Å². The van der Waals surface area contributed by atoms with Crippen molar-refractivity contribution in [2.75, 3.05) is 0 Å². The number of hydrogen-bond acceptors (Lipinski definition) is 3.